The van der Waals surface area contributed by atoms with Gasteiger partial charge < -0.3 is 14.8 Å². The molecule has 0 fully saturated rings. The number of ether oxygens (including phenoxy) is 2. The van der Waals surface area contributed by atoms with Crippen molar-refractivity contribution in [1.82, 2.24) is 25.5 Å². The number of hydrogen-bond acceptors (Lipinski definition) is 6. The Kier molecular flexibility index (Phi) is 5.43. The lowest BCUT2D eigenvalue weighted by Gasteiger charge is -2.10. The minimum atomic E-state index is -0.252. The van der Waals surface area contributed by atoms with Crippen molar-refractivity contribution in [1.29, 1.82) is 0 Å². The summed E-state index contributed by atoms with van der Waals surface area (Å²) in [6.45, 7) is 2.54. The van der Waals surface area contributed by atoms with E-state index in [9.17, 15) is 4.79 Å². The molecule has 0 unspecified atom stereocenters. The summed E-state index contributed by atoms with van der Waals surface area (Å²) in [5.74, 6) is 1.54. The highest BCUT2D eigenvalue weighted by atomic mass is 16.5. The molecule has 3 rings (SSSR count). The van der Waals surface area contributed by atoms with Crippen LogP contribution in [0.15, 0.2) is 48.5 Å². The van der Waals surface area contributed by atoms with Crippen LogP contribution in [-0.2, 0) is 6.54 Å². The van der Waals surface area contributed by atoms with E-state index in [1.165, 1.54) is 0 Å². The molecule has 134 valence electrons. The van der Waals surface area contributed by atoms with Gasteiger partial charge in [0.25, 0.3) is 5.91 Å². The molecule has 2 aromatic carbocycles. The Balaban J connectivity index is 1.73. The van der Waals surface area contributed by atoms with Gasteiger partial charge in [0.2, 0.25) is 0 Å². The van der Waals surface area contributed by atoms with E-state index in [2.05, 4.69) is 20.8 Å². The molecule has 0 aliphatic rings. The van der Waals surface area contributed by atoms with Gasteiger partial charge in [0, 0.05) is 0 Å². The first-order valence-electron chi connectivity index (χ1n) is 8.14. The first-order chi connectivity index (χ1) is 12.7. The number of tetrazole rings is 1. The first kappa shape index (κ1) is 17.4. The third kappa shape index (κ3) is 3.80. The number of nitrogens with one attached hydrogen (secondary N) is 1. The number of carbonyl (C=O) groups excluding carboxylic acids is 1. The fourth-order valence-corrected chi connectivity index (χ4v) is 2.43. The molecule has 26 heavy (non-hydrogen) atoms. The van der Waals surface area contributed by atoms with E-state index < -0.39 is 0 Å². The Morgan fingerprint density at radius 1 is 1.15 bits per heavy atom. The van der Waals surface area contributed by atoms with Crippen molar-refractivity contribution in [3.63, 3.8) is 0 Å². The average Bonchev–Trinajstić information content (AvgIpc) is 3.15. The van der Waals surface area contributed by atoms with E-state index >= 15 is 0 Å². The van der Waals surface area contributed by atoms with Crippen LogP contribution in [0.5, 0.6) is 11.5 Å². The highest BCUT2D eigenvalue weighted by molar-refractivity contribution is 5.96. The summed E-state index contributed by atoms with van der Waals surface area (Å²) in [5, 5.41) is 14.5. The Labute approximate surface area is 150 Å². The summed E-state index contributed by atoms with van der Waals surface area (Å²) in [6, 6.07) is 14.4. The predicted molar refractivity (Wildman–Crippen MR) is 94.5 cm³/mol. The van der Waals surface area contributed by atoms with Crippen LogP contribution in [0.4, 0.5) is 0 Å². The van der Waals surface area contributed by atoms with E-state index in [0.29, 0.717) is 23.7 Å². The average molecular weight is 353 g/mol. The van der Waals surface area contributed by atoms with Crippen LogP contribution < -0.4 is 14.8 Å². The van der Waals surface area contributed by atoms with Crippen molar-refractivity contribution in [3.05, 3.63) is 59.9 Å². The summed E-state index contributed by atoms with van der Waals surface area (Å²) in [4.78, 5) is 12.5. The second-order valence-corrected chi connectivity index (χ2v) is 5.32. The molecule has 8 nitrogen and oxygen atoms in total. The lowest BCUT2D eigenvalue weighted by atomic mass is 10.2. The van der Waals surface area contributed by atoms with E-state index in [0.717, 1.165) is 11.4 Å². The molecular formula is C18H19N5O3. The van der Waals surface area contributed by atoms with Crippen molar-refractivity contribution >= 4 is 5.91 Å². The highest BCUT2D eigenvalue weighted by Gasteiger charge is 2.14. The van der Waals surface area contributed by atoms with Crippen LogP contribution in [0.2, 0.25) is 0 Å². The maximum atomic E-state index is 12.5. The Morgan fingerprint density at radius 3 is 2.65 bits per heavy atom. The topological polar surface area (TPSA) is 91.2 Å². The number of carbonyl (C=O) groups is 1. The van der Waals surface area contributed by atoms with Gasteiger partial charge in [-0.3, -0.25) is 4.79 Å². The number of hydrogen-bond donors (Lipinski definition) is 1. The zero-order chi connectivity index (χ0) is 18.4. The molecule has 0 spiro atoms. The number of para-hydroxylation sites is 1. The number of benzene rings is 2. The molecule has 0 saturated heterocycles. The normalized spacial score (nSPS) is 10.4. The Morgan fingerprint density at radius 2 is 1.92 bits per heavy atom. The molecule has 1 aromatic heterocycles. The zero-order valence-electron chi connectivity index (χ0n) is 14.5. The monoisotopic (exact) mass is 353 g/mol. The molecule has 0 aliphatic carbocycles. The maximum absolute atomic E-state index is 12.5. The summed E-state index contributed by atoms with van der Waals surface area (Å²) < 4.78 is 12.2. The number of methoxy groups -OCH3 is 1. The molecule has 0 saturated carbocycles. The SMILES string of the molecule is CCOc1ccccc1C(=O)NCc1nnnn1-c1ccc(OC)cc1. The maximum Gasteiger partial charge on any atom is 0.255 e. The molecule has 1 N–H and O–H groups in total. The van der Waals surface area contributed by atoms with Gasteiger partial charge in [0.15, 0.2) is 5.82 Å². The fourth-order valence-electron chi connectivity index (χ4n) is 2.43. The van der Waals surface area contributed by atoms with Crippen molar-refractivity contribution in [2.75, 3.05) is 13.7 Å². The fraction of sp³-hybridized carbons (Fsp3) is 0.222. The predicted octanol–water partition coefficient (Wildman–Crippen LogP) is 2.00. The lowest BCUT2D eigenvalue weighted by molar-refractivity contribution is 0.0946. The van der Waals surface area contributed by atoms with E-state index in [1.54, 1.807) is 30.0 Å². The van der Waals surface area contributed by atoms with Crippen molar-refractivity contribution < 1.29 is 14.3 Å². The zero-order valence-corrected chi connectivity index (χ0v) is 14.5. The van der Waals surface area contributed by atoms with Crippen LogP contribution in [0.25, 0.3) is 5.69 Å². The van der Waals surface area contributed by atoms with Crippen LogP contribution in [-0.4, -0.2) is 39.8 Å². The smallest absolute Gasteiger partial charge is 0.255 e. The van der Waals surface area contributed by atoms with Crippen LogP contribution in [0, 0.1) is 0 Å². The van der Waals surface area contributed by atoms with Gasteiger partial charge in [0.05, 0.1) is 31.5 Å². The molecule has 3 aromatic rings. The van der Waals surface area contributed by atoms with Crippen LogP contribution >= 0.6 is 0 Å². The minimum absolute atomic E-state index is 0.179. The van der Waals surface area contributed by atoms with Gasteiger partial charge in [-0.05, 0) is 53.7 Å². The molecule has 0 bridgehead atoms. The van der Waals surface area contributed by atoms with Crippen LogP contribution in [0.3, 0.4) is 0 Å². The summed E-state index contributed by atoms with van der Waals surface area (Å²) >= 11 is 0. The number of amides is 1. The molecule has 0 aliphatic heterocycles. The lowest BCUT2D eigenvalue weighted by Crippen LogP contribution is -2.25. The van der Waals surface area contributed by atoms with E-state index in [1.807, 2.05) is 37.3 Å². The van der Waals surface area contributed by atoms with E-state index in [-0.39, 0.29) is 12.5 Å². The molecular weight excluding hydrogens is 334 g/mol. The second kappa shape index (κ2) is 8.11. The number of nitrogens with zero attached hydrogens (tertiary/aromatic N) is 4. The third-order valence-electron chi connectivity index (χ3n) is 3.69. The number of rotatable bonds is 7. The highest BCUT2D eigenvalue weighted by Crippen LogP contribution is 2.18. The quantitative estimate of drug-likeness (QED) is 0.699. The number of aromatic nitrogens is 4. The van der Waals surface area contributed by atoms with Gasteiger partial charge in [-0.25, -0.2) is 0 Å². The van der Waals surface area contributed by atoms with Gasteiger partial charge in [-0.15, -0.1) is 5.10 Å². The third-order valence-corrected chi connectivity index (χ3v) is 3.69. The van der Waals surface area contributed by atoms with Gasteiger partial charge in [0.1, 0.15) is 11.5 Å². The largest absolute Gasteiger partial charge is 0.497 e. The van der Waals surface area contributed by atoms with E-state index in [4.69, 9.17) is 9.47 Å². The molecule has 0 radical (unpaired) electrons. The molecule has 1 heterocycles. The second-order valence-electron chi connectivity index (χ2n) is 5.32. The Hall–Kier alpha value is -3.42. The van der Waals surface area contributed by atoms with Crippen molar-refractivity contribution in [2.24, 2.45) is 0 Å². The van der Waals surface area contributed by atoms with Gasteiger partial charge >= 0.3 is 0 Å². The molecule has 1 amide bonds. The molecule has 8 heteroatoms. The first-order valence-corrected chi connectivity index (χ1v) is 8.14. The molecule has 0 atom stereocenters. The summed E-state index contributed by atoms with van der Waals surface area (Å²) in [5.41, 5.74) is 1.24. The van der Waals surface area contributed by atoms with Gasteiger partial charge in [-0.2, -0.15) is 4.68 Å². The Bertz CT molecular complexity index is 877. The van der Waals surface area contributed by atoms with Gasteiger partial charge in [-0.1, -0.05) is 12.1 Å². The van der Waals surface area contributed by atoms with Crippen LogP contribution in [0.1, 0.15) is 23.1 Å². The summed E-state index contributed by atoms with van der Waals surface area (Å²) in [6.07, 6.45) is 0. The minimum Gasteiger partial charge on any atom is -0.497 e. The van der Waals surface area contributed by atoms with Crippen molar-refractivity contribution in [3.8, 4) is 17.2 Å². The standard InChI is InChI=1S/C18H19N5O3/c1-3-26-16-7-5-4-6-15(16)18(24)19-12-17-20-21-22-23(17)13-8-10-14(25-2)11-9-13/h4-11H,3,12H2,1-2H3,(H,19,24). The summed E-state index contributed by atoms with van der Waals surface area (Å²) in [7, 11) is 1.60. The van der Waals surface area contributed by atoms with Crippen molar-refractivity contribution in [2.45, 2.75) is 13.5 Å².